The van der Waals surface area contributed by atoms with Gasteiger partial charge in [-0.05, 0) is 23.8 Å². The molecule has 0 aliphatic rings. The van der Waals surface area contributed by atoms with Gasteiger partial charge in [-0.3, -0.25) is 9.59 Å². The number of anilines is 1. The molecule has 2 aromatic rings. The molecule has 0 aromatic heterocycles. The van der Waals surface area contributed by atoms with Crippen molar-refractivity contribution in [1.82, 2.24) is 5.32 Å². The monoisotopic (exact) mass is 280 g/mol. The summed E-state index contributed by atoms with van der Waals surface area (Å²) in [7, 11) is 0. The van der Waals surface area contributed by atoms with Crippen molar-refractivity contribution in [2.75, 3.05) is 5.32 Å². The second-order valence-corrected chi connectivity index (χ2v) is 4.47. The topological polar surface area (TPSA) is 58.2 Å². The van der Waals surface area contributed by atoms with Crippen LogP contribution in [0.5, 0.6) is 0 Å². The van der Waals surface area contributed by atoms with Crippen LogP contribution in [0.3, 0.4) is 0 Å². The van der Waals surface area contributed by atoms with Crippen molar-refractivity contribution in [3.63, 3.8) is 0 Å². The molecule has 0 radical (unpaired) electrons. The minimum atomic E-state index is -0.361. The lowest BCUT2D eigenvalue weighted by Crippen LogP contribution is -2.28. The van der Waals surface area contributed by atoms with E-state index in [0.29, 0.717) is 5.69 Å². The Balaban J connectivity index is 2.21. The number of rotatable bonds is 4. The highest BCUT2D eigenvalue weighted by molar-refractivity contribution is 6.08. The van der Waals surface area contributed by atoms with E-state index >= 15 is 0 Å². The van der Waals surface area contributed by atoms with Gasteiger partial charge in [-0.1, -0.05) is 48.5 Å². The van der Waals surface area contributed by atoms with E-state index in [2.05, 4.69) is 10.6 Å². The van der Waals surface area contributed by atoms with Gasteiger partial charge >= 0.3 is 0 Å². The summed E-state index contributed by atoms with van der Waals surface area (Å²) in [6.07, 6.45) is 1.64. The summed E-state index contributed by atoms with van der Waals surface area (Å²) in [4.78, 5) is 23.5. The fraction of sp³-hybridized carbons (Fsp3) is 0.0588. The first-order valence-electron chi connectivity index (χ1n) is 6.56. The van der Waals surface area contributed by atoms with Crippen LogP contribution in [0.1, 0.15) is 12.5 Å². The Bertz CT molecular complexity index is 649. The van der Waals surface area contributed by atoms with Crippen LogP contribution in [0.15, 0.2) is 66.4 Å². The SMILES string of the molecule is CC(=O)N/C(=C\c1ccccc1)C(=O)Nc1ccccc1. The van der Waals surface area contributed by atoms with Crippen LogP contribution in [-0.2, 0) is 9.59 Å². The zero-order valence-electron chi connectivity index (χ0n) is 11.7. The van der Waals surface area contributed by atoms with Crippen LogP contribution in [0, 0.1) is 0 Å². The van der Waals surface area contributed by atoms with Crippen LogP contribution in [0.2, 0.25) is 0 Å². The lowest BCUT2D eigenvalue weighted by Gasteiger charge is -2.09. The third-order valence-electron chi connectivity index (χ3n) is 2.70. The Morgan fingerprint density at radius 3 is 2.05 bits per heavy atom. The van der Waals surface area contributed by atoms with E-state index in [9.17, 15) is 9.59 Å². The number of hydrogen-bond acceptors (Lipinski definition) is 2. The second kappa shape index (κ2) is 7.05. The summed E-state index contributed by atoms with van der Waals surface area (Å²) in [6, 6.07) is 18.4. The number of carbonyl (C=O) groups is 2. The zero-order valence-corrected chi connectivity index (χ0v) is 11.7. The molecule has 2 amide bonds. The average molecular weight is 280 g/mol. The fourth-order valence-electron chi connectivity index (χ4n) is 1.78. The summed E-state index contributed by atoms with van der Waals surface area (Å²) in [5.74, 6) is -0.652. The van der Waals surface area contributed by atoms with Crippen LogP contribution in [0.4, 0.5) is 5.69 Å². The van der Waals surface area contributed by atoms with E-state index in [4.69, 9.17) is 0 Å². The Morgan fingerprint density at radius 2 is 1.48 bits per heavy atom. The quantitative estimate of drug-likeness (QED) is 0.846. The normalized spacial score (nSPS) is 10.8. The van der Waals surface area contributed by atoms with E-state index in [1.54, 1.807) is 18.2 Å². The van der Waals surface area contributed by atoms with Crippen molar-refractivity contribution >= 4 is 23.6 Å². The molecular weight excluding hydrogens is 264 g/mol. The van der Waals surface area contributed by atoms with Gasteiger partial charge in [0, 0.05) is 12.6 Å². The molecule has 0 atom stereocenters. The number of para-hydroxylation sites is 1. The Kier molecular flexibility index (Phi) is 4.88. The molecule has 0 saturated carbocycles. The smallest absolute Gasteiger partial charge is 0.272 e. The van der Waals surface area contributed by atoms with Crippen molar-refractivity contribution in [1.29, 1.82) is 0 Å². The first-order chi connectivity index (χ1) is 10.1. The number of hydrogen-bond donors (Lipinski definition) is 2. The molecule has 2 rings (SSSR count). The van der Waals surface area contributed by atoms with Crippen LogP contribution < -0.4 is 10.6 Å². The van der Waals surface area contributed by atoms with Crippen LogP contribution in [0.25, 0.3) is 6.08 Å². The molecule has 106 valence electrons. The van der Waals surface area contributed by atoms with Crippen molar-refractivity contribution < 1.29 is 9.59 Å². The van der Waals surface area contributed by atoms with E-state index in [0.717, 1.165) is 5.56 Å². The number of benzene rings is 2. The maximum atomic E-state index is 12.3. The summed E-state index contributed by atoms with van der Waals surface area (Å²) >= 11 is 0. The lowest BCUT2D eigenvalue weighted by molar-refractivity contribution is -0.120. The van der Waals surface area contributed by atoms with Gasteiger partial charge < -0.3 is 10.6 Å². The summed E-state index contributed by atoms with van der Waals surface area (Å²) in [5.41, 5.74) is 1.72. The molecule has 2 N–H and O–H groups in total. The first-order valence-corrected chi connectivity index (χ1v) is 6.56. The maximum Gasteiger partial charge on any atom is 0.272 e. The van der Waals surface area contributed by atoms with Gasteiger partial charge in [0.1, 0.15) is 5.70 Å². The minimum absolute atomic E-state index is 0.206. The van der Waals surface area contributed by atoms with Gasteiger partial charge in [0.05, 0.1) is 0 Å². The van der Waals surface area contributed by atoms with Gasteiger partial charge in [-0.15, -0.1) is 0 Å². The highest BCUT2D eigenvalue weighted by atomic mass is 16.2. The fourth-order valence-corrected chi connectivity index (χ4v) is 1.78. The summed E-state index contributed by atoms with van der Waals surface area (Å²) in [6.45, 7) is 1.37. The molecule has 0 aliphatic heterocycles. The summed E-state index contributed by atoms with van der Waals surface area (Å²) < 4.78 is 0. The van der Waals surface area contributed by atoms with E-state index in [1.807, 2.05) is 48.5 Å². The summed E-state index contributed by atoms with van der Waals surface area (Å²) in [5, 5.41) is 5.30. The number of nitrogens with one attached hydrogen (secondary N) is 2. The van der Waals surface area contributed by atoms with E-state index in [1.165, 1.54) is 6.92 Å². The number of carbonyl (C=O) groups excluding carboxylic acids is 2. The first kappa shape index (κ1) is 14.5. The zero-order chi connectivity index (χ0) is 15.1. The molecule has 4 heteroatoms. The molecule has 0 bridgehead atoms. The Morgan fingerprint density at radius 1 is 0.905 bits per heavy atom. The van der Waals surface area contributed by atoms with E-state index in [-0.39, 0.29) is 17.5 Å². The van der Waals surface area contributed by atoms with E-state index < -0.39 is 0 Å². The maximum absolute atomic E-state index is 12.3. The third kappa shape index (κ3) is 4.62. The molecule has 4 nitrogen and oxygen atoms in total. The number of amides is 2. The molecule has 21 heavy (non-hydrogen) atoms. The highest BCUT2D eigenvalue weighted by Gasteiger charge is 2.11. The van der Waals surface area contributed by atoms with Gasteiger partial charge in [0.15, 0.2) is 0 Å². The predicted octanol–water partition coefficient (Wildman–Crippen LogP) is 2.80. The average Bonchev–Trinajstić information content (AvgIpc) is 2.48. The van der Waals surface area contributed by atoms with Gasteiger partial charge in [-0.25, -0.2) is 0 Å². The predicted molar refractivity (Wildman–Crippen MR) is 83.3 cm³/mol. The Labute approximate surface area is 123 Å². The Hall–Kier alpha value is -2.88. The molecule has 0 saturated heterocycles. The van der Waals surface area contributed by atoms with Gasteiger partial charge in [0.25, 0.3) is 5.91 Å². The standard InChI is InChI=1S/C17H16N2O2/c1-13(20)18-16(12-14-8-4-2-5-9-14)17(21)19-15-10-6-3-7-11-15/h2-12H,1H3,(H,18,20)(H,19,21)/b16-12-. The minimum Gasteiger partial charge on any atom is -0.322 e. The van der Waals surface area contributed by atoms with Gasteiger partial charge in [0.2, 0.25) is 5.91 Å². The largest absolute Gasteiger partial charge is 0.322 e. The van der Waals surface area contributed by atoms with Crippen LogP contribution >= 0.6 is 0 Å². The third-order valence-corrected chi connectivity index (χ3v) is 2.70. The molecular formula is C17H16N2O2. The van der Waals surface area contributed by atoms with Gasteiger partial charge in [-0.2, -0.15) is 0 Å². The molecule has 0 fully saturated rings. The second-order valence-electron chi connectivity index (χ2n) is 4.47. The van der Waals surface area contributed by atoms with Crippen molar-refractivity contribution in [2.45, 2.75) is 6.92 Å². The molecule has 0 spiro atoms. The van der Waals surface area contributed by atoms with Crippen molar-refractivity contribution in [3.8, 4) is 0 Å². The highest BCUT2D eigenvalue weighted by Crippen LogP contribution is 2.09. The van der Waals surface area contributed by atoms with Crippen LogP contribution in [-0.4, -0.2) is 11.8 Å². The molecule has 0 heterocycles. The van der Waals surface area contributed by atoms with Crippen molar-refractivity contribution in [3.05, 3.63) is 71.9 Å². The lowest BCUT2D eigenvalue weighted by atomic mass is 10.2. The molecule has 2 aromatic carbocycles. The molecule has 0 aliphatic carbocycles. The molecule has 0 unspecified atom stereocenters. The van der Waals surface area contributed by atoms with Crippen molar-refractivity contribution in [2.24, 2.45) is 0 Å².